The second-order valence-corrected chi connectivity index (χ2v) is 7.37. The molecule has 2 rings (SSSR count). The summed E-state index contributed by atoms with van der Waals surface area (Å²) in [6.07, 6.45) is 3.60. The van der Waals surface area contributed by atoms with Gasteiger partial charge in [0.15, 0.2) is 0 Å². The lowest BCUT2D eigenvalue weighted by molar-refractivity contribution is 0.239. The molecule has 0 radical (unpaired) electrons. The van der Waals surface area contributed by atoms with Crippen molar-refractivity contribution in [2.45, 2.75) is 30.2 Å². The van der Waals surface area contributed by atoms with E-state index in [1.165, 1.54) is 31.2 Å². The highest BCUT2D eigenvalue weighted by molar-refractivity contribution is 7.89. The SMILES string of the molecule is CN(C)S(=O)(=O)c1ccc(OCC2CCCCN2)cc1. The van der Waals surface area contributed by atoms with Crippen LogP contribution in [0.1, 0.15) is 19.3 Å². The number of piperidine rings is 1. The van der Waals surface area contributed by atoms with Crippen molar-refractivity contribution < 1.29 is 13.2 Å². The third kappa shape index (κ3) is 3.71. The quantitative estimate of drug-likeness (QED) is 0.894. The molecule has 0 spiro atoms. The van der Waals surface area contributed by atoms with Gasteiger partial charge in [-0.05, 0) is 43.7 Å². The van der Waals surface area contributed by atoms with Gasteiger partial charge in [-0.2, -0.15) is 0 Å². The van der Waals surface area contributed by atoms with E-state index in [0.717, 1.165) is 13.0 Å². The number of nitrogens with one attached hydrogen (secondary N) is 1. The average molecular weight is 298 g/mol. The van der Waals surface area contributed by atoms with Crippen LogP contribution in [-0.4, -0.2) is 46.0 Å². The first-order valence-corrected chi connectivity index (χ1v) is 8.33. The smallest absolute Gasteiger partial charge is 0.242 e. The van der Waals surface area contributed by atoms with Crippen molar-refractivity contribution >= 4 is 10.0 Å². The molecular weight excluding hydrogens is 276 g/mol. The highest BCUT2D eigenvalue weighted by Gasteiger charge is 2.17. The molecule has 1 atom stereocenters. The second-order valence-electron chi connectivity index (χ2n) is 5.22. The first-order chi connectivity index (χ1) is 9.50. The van der Waals surface area contributed by atoms with Gasteiger partial charge in [-0.25, -0.2) is 12.7 Å². The van der Waals surface area contributed by atoms with Crippen LogP contribution in [0.5, 0.6) is 5.75 Å². The fourth-order valence-electron chi connectivity index (χ4n) is 2.18. The lowest BCUT2D eigenvalue weighted by atomic mass is 10.1. The van der Waals surface area contributed by atoms with E-state index >= 15 is 0 Å². The summed E-state index contributed by atoms with van der Waals surface area (Å²) < 4.78 is 30.8. The summed E-state index contributed by atoms with van der Waals surface area (Å²) in [5.41, 5.74) is 0. The summed E-state index contributed by atoms with van der Waals surface area (Å²) in [5, 5.41) is 3.41. The number of sulfonamides is 1. The van der Waals surface area contributed by atoms with E-state index in [-0.39, 0.29) is 4.90 Å². The molecule has 1 unspecified atom stereocenters. The standard InChI is InChI=1S/C14H22N2O3S/c1-16(2)20(17,18)14-8-6-13(7-9-14)19-11-12-5-3-4-10-15-12/h6-9,12,15H,3-5,10-11H2,1-2H3. The maximum Gasteiger partial charge on any atom is 0.242 e. The summed E-state index contributed by atoms with van der Waals surface area (Å²) in [6.45, 7) is 1.67. The monoisotopic (exact) mass is 298 g/mol. The Morgan fingerprint density at radius 3 is 2.50 bits per heavy atom. The topological polar surface area (TPSA) is 58.6 Å². The van der Waals surface area contributed by atoms with Crippen LogP contribution < -0.4 is 10.1 Å². The van der Waals surface area contributed by atoms with Crippen molar-refractivity contribution in [1.82, 2.24) is 9.62 Å². The van der Waals surface area contributed by atoms with Gasteiger partial charge in [0, 0.05) is 20.1 Å². The van der Waals surface area contributed by atoms with Gasteiger partial charge >= 0.3 is 0 Å². The number of benzene rings is 1. The largest absolute Gasteiger partial charge is 0.492 e. The minimum Gasteiger partial charge on any atom is -0.492 e. The van der Waals surface area contributed by atoms with Gasteiger partial charge in [0.05, 0.1) is 4.90 Å². The van der Waals surface area contributed by atoms with Crippen LogP contribution in [-0.2, 0) is 10.0 Å². The highest BCUT2D eigenvalue weighted by Crippen LogP contribution is 2.18. The number of hydrogen-bond donors (Lipinski definition) is 1. The van der Waals surface area contributed by atoms with E-state index in [1.54, 1.807) is 24.3 Å². The maximum absolute atomic E-state index is 11.9. The predicted octanol–water partition coefficient (Wildman–Crippen LogP) is 1.46. The molecule has 1 N–H and O–H groups in total. The summed E-state index contributed by atoms with van der Waals surface area (Å²) in [6, 6.07) is 6.98. The number of rotatable bonds is 5. The third-order valence-electron chi connectivity index (χ3n) is 3.47. The molecule has 6 heteroatoms. The van der Waals surface area contributed by atoms with Crippen LogP contribution in [0, 0.1) is 0 Å². The molecule has 0 aliphatic carbocycles. The van der Waals surface area contributed by atoms with E-state index in [1.807, 2.05) is 0 Å². The summed E-state index contributed by atoms with van der Waals surface area (Å²) >= 11 is 0. The molecule has 1 aliphatic heterocycles. The van der Waals surface area contributed by atoms with Crippen LogP contribution >= 0.6 is 0 Å². The van der Waals surface area contributed by atoms with Crippen molar-refractivity contribution in [2.24, 2.45) is 0 Å². The zero-order chi connectivity index (χ0) is 14.6. The second kappa shape index (κ2) is 6.56. The molecule has 0 saturated carbocycles. The molecule has 1 saturated heterocycles. The minimum absolute atomic E-state index is 0.283. The molecule has 1 heterocycles. The lowest BCUT2D eigenvalue weighted by Crippen LogP contribution is -2.38. The van der Waals surface area contributed by atoms with Crippen molar-refractivity contribution in [3.63, 3.8) is 0 Å². The summed E-state index contributed by atoms with van der Waals surface area (Å²) in [4.78, 5) is 0.283. The molecule has 1 aromatic rings. The number of nitrogens with zero attached hydrogens (tertiary/aromatic N) is 1. The minimum atomic E-state index is -3.36. The summed E-state index contributed by atoms with van der Waals surface area (Å²) in [7, 11) is -0.319. The molecule has 112 valence electrons. The highest BCUT2D eigenvalue weighted by atomic mass is 32.2. The lowest BCUT2D eigenvalue weighted by Gasteiger charge is -2.23. The fourth-order valence-corrected chi connectivity index (χ4v) is 3.08. The van der Waals surface area contributed by atoms with Gasteiger partial charge in [0.2, 0.25) is 10.0 Å². The van der Waals surface area contributed by atoms with Crippen molar-refractivity contribution in [3.8, 4) is 5.75 Å². The van der Waals surface area contributed by atoms with Crippen LogP contribution in [0.3, 0.4) is 0 Å². The molecule has 5 nitrogen and oxygen atoms in total. The molecule has 1 fully saturated rings. The Balaban J connectivity index is 1.94. The van der Waals surface area contributed by atoms with Gasteiger partial charge in [-0.15, -0.1) is 0 Å². The van der Waals surface area contributed by atoms with Gasteiger partial charge in [-0.1, -0.05) is 6.42 Å². The van der Waals surface area contributed by atoms with Gasteiger partial charge in [-0.3, -0.25) is 0 Å². The van der Waals surface area contributed by atoms with Gasteiger partial charge in [0.25, 0.3) is 0 Å². The first-order valence-electron chi connectivity index (χ1n) is 6.89. The predicted molar refractivity (Wildman–Crippen MR) is 78.5 cm³/mol. The van der Waals surface area contributed by atoms with Crippen LogP contribution in [0.4, 0.5) is 0 Å². The molecule has 1 aliphatic rings. The van der Waals surface area contributed by atoms with Crippen molar-refractivity contribution in [1.29, 1.82) is 0 Å². The van der Waals surface area contributed by atoms with E-state index in [4.69, 9.17) is 4.74 Å². The fraction of sp³-hybridized carbons (Fsp3) is 0.571. The number of hydrogen-bond acceptors (Lipinski definition) is 4. The molecule has 20 heavy (non-hydrogen) atoms. The molecule has 0 bridgehead atoms. The third-order valence-corrected chi connectivity index (χ3v) is 5.30. The normalized spacial score (nSPS) is 20.1. The zero-order valence-corrected chi connectivity index (χ0v) is 12.8. The Labute approximate surface area is 121 Å². The van der Waals surface area contributed by atoms with E-state index in [0.29, 0.717) is 18.4 Å². The Hall–Kier alpha value is -1.11. The van der Waals surface area contributed by atoms with Gasteiger partial charge in [0.1, 0.15) is 12.4 Å². The zero-order valence-electron chi connectivity index (χ0n) is 12.0. The Kier molecular flexibility index (Phi) is 5.01. The van der Waals surface area contributed by atoms with Crippen LogP contribution in [0.25, 0.3) is 0 Å². The number of ether oxygens (including phenoxy) is 1. The van der Waals surface area contributed by atoms with E-state index < -0.39 is 10.0 Å². The Morgan fingerprint density at radius 1 is 1.25 bits per heavy atom. The molecule has 1 aromatic carbocycles. The van der Waals surface area contributed by atoms with E-state index in [2.05, 4.69) is 5.32 Å². The first kappa shape index (κ1) is 15.3. The molecule has 0 aromatic heterocycles. The van der Waals surface area contributed by atoms with Crippen LogP contribution in [0.15, 0.2) is 29.2 Å². The van der Waals surface area contributed by atoms with Crippen molar-refractivity contribution in [2.75, 3.05) is 27.2 Å². The summed E-state index contributed by atoms with van der Waals surface area (Å²) in [5.74, 6) is 0.704. The average Bonchev–Trinajstić information content (AvgIpc) is 2.46. The van der Waals surface area contributed by atoms with Crippen molar-refractivity contribution in [3.05, 3.63) is 24.3 Å². The Bertz CT molecular complexity index is 520. The maximum atomic E-state index is 11.9. The van der Waals surface area contributed by atoms with Crippen LogP contribution in [0.2, 0.25) is 0 Å². The van der Waals surface area contributed by atoms with Gasteiger partial charge < -0.3 is 10.1 Å². The Morgan fingerprint density at radius 2 is 1.95 bits per heavy atom. The molecule has 0 amide bonds. The molecular formula is C14H22N2O3S. The van der Waals surface area contributed by atoms with E-state index in [9.17, 15) is 8.42 Å².